The van der Waals surface area contributed by atoms with Crippen molar-refractivity contribution in [1.82, 2.24) is 0 Å². The molecule has 2 aromatic rings. The fraction of sp³-hybridized carbons (Fsp3) is 0. The summed E-state index contributed by atoms with van der Waals surface area (Å²) in [5.74, 6) is 0. The Morgan fingerprint density at radius 2 is 1.17 bits per heavy atom. The van der Waals surface area contributed by atoms with Gasteiger partial charge >= 0.3 is 0 Å². The van der Waals surface area contributed by atoms with E-state index in [1.54, 1.807) is 22.7 Å². The van der Waals surface area contributed by atoms with Crippen molar-refractivity contribution in [2.24, 2.45) is 0 Å². The maximum absolute atomic E-state index is 3.53. The Morgan fingerprint density at radius 3 is 1.50 bits per heavy atom. The minimum atomic E-state index is 1.14. The van der Waals surface area contributed by atoms with Crippen molar-refractivity contribution in [3.8, 4) is 0 Å². The maximum atomic E-state index is 3.53. The van der Waals surface area contributed by atoms with Gasteiger partial charge in [0.05, 0.1) is 20.5 Å². The molecule has 0 aliphatic carbocycles. The first kappa shape index (κ1) is 10.1. The summed E-state index contributed by atoms with van der Waals surface area (Å²) >= 11 is 17.5. The van der Waals surface area contributed by atoms with Crippen LogP contribution in [0.15, 0.2) is 16.5 Å². The van der Waals surface area contributed by atoms with Crippen LogP contribution in [-0.2, 0) is 0 Å². The van der Waals surface area contributed by atoms with Crippen LogP contribution < -0.4 is 0 Å². The Balaban J connectivity index is 2.94. The summed E-state index contributed by atoms with van der Waals surface area (Å²) in [6.45, 7) is 0. The van der Waals surface area contributed by atoms with E-state index in [9.17, 15) is 0 Å². The van der Waals surface area contributed by atoms with Gasteiger partial charge < -0.3 is 0 Å². The fourth-order valence-corrected chi connectivity index (χ4v) is 6.92. The smallest absolute Gasteiger partial charge is 0.0912 e. The molecule has 2 heterocycles. The number of hydrogen-bond acceptors (Lipinski definition) is 2. The van der Waals surface area contributed by atoms with Crippen LogP contribution in [0.3, 0.4) is 0 Å². The molecule has 0 saturated heterocycles. The van der Waals surface area contributed by atoms with Gasteiger partial charge in [-0.2, -0.15) is 0 Å². The molecule has 0 fully saturated rings. The van der Waals surface area contributed by atoms with Crippen molar-refractivity contribution in [1.29, 1.82) is 0 Å². The molecular formula is C6Br4S2. The lowest BCUT2D eigenvalue weighted by molar-refractivity contribution is 1.85. The fourth-order valence-electron chi connectivity index (χ4n) is 0.847. The van der Waals surface area contributed by atoms with Gasteiger partial charge in [-0.25, -0.2) is 0 Å². The molecule has 2 aromatic heterocycles. The van der Waals surface area contributed by atoms with Crippen molar-refractivity contribution < 1.29 is 0 Å². The number of halogens is 4. The predicted octanol–water partition coefficient (Wildman–Crippen LogP) is 6.01. The van der Waals surface area contributed by atoms with Crippen LogP contribution in [0.2, 0.25) is 0 Å². The van der Waals surface area contributed by atoms with Crippen LogP contribution in [0.5, 0.6) is 0 Å². The highest BCUT2D eigenvalue weighted by molar-refractivity contribution is 9.14. The van der Waals surface area contributed by atoms with Crippen molar-refractivity contribution in [3.63, 3.8) is 0 Å². The molecule has 64 valence electrons. The topological polar surface area (TPSA) is 0 Å². The van der Waals surface area contributed by atoms with E-state index in [-0.39, 0.29) is 0 Å². The Hall–Kier alpha value is 1.58. The minimum Gasteiger partial charge on any atom is -0.116 e. The third-order valence-electron chi connectivity index (χ3n) is 1.35. The van der Waals surface area contributed by atoms with Crippen LogP contribution in [0.25, 0.3) is 9.40 Å². The summed E-state index contributed by atoms with van der Waals surface area (Å²) in [5, 5.41) is 1.25. The van der Waals surface area contributed by atoms with E-state index in [1.165, 1.54) is 9.40 Å². The van der Waals surface area contributed by atoms with Crippen LogP contribution in [0, 0.1) is 0 Å². The normalized spacial score (nSPS) is 11.3. The predicted molar refractivity (Wildman–Crippen MR) is 70.5 cm³/mol. The highest BCUT2D eigenvalue weighted by Gasteiger charge is 2.15. The van der Waals surface area contributed by atoms with E-state index in [0.717, 1.165) is 16.5 Å². The SMILES string of the molecule is Brc1sc2sc(Br)c(Br)c2c1Br. The van der Waals surface area contributed by atoms with E-state index < -0.39 is 0 Å². The van der Waals surface area contributed by atoms with Crippen LogP contribution >= 0.6 is 86.4 Å². The second kappa shape index (κ2) is 3.62. The lowest BCUT2D eigenvalue weighted by Gasteiger charge is -1.86. The third-order valence-corrected chi connectivity index (χ3v) is 8.34. The largest absolute Gasteiger partial charge is 0.116 e. The number of thiophene rings is 2. The molecule has 0 unspecified atom stereocenters. The van der Waals surface area contributed by atoms with Gasteiger partial charge in [0.1, 0.15) is 0 Å². The van der Waals surface area contributed by atoms with Crippen LogP contribution in [0.4, 0.5) is 0 Å². The van der Waals surface area contributed by atoms with Crippen molar-refractivity contribution in [2.75, 3.05) is 0 Å². The molecule has 0 N–H and O–H groups in total. The Kier molecular flexibility index (Phi) is 3.05. The first-order valence-corrected chi connectivity index (χ1v) is 7.63. The lowest BCUT2D eigenvalue weighted by Crippen LogP contribution is -1.58. The highest BCUT2D eigenvalue weighted by atomic mass is 79.9. The molecule has 0 bridgehead atoms. The highest BCUT2D eigenvalue weighted by Crippen LogP contribution is 2.49. The zero-order valence-electron chi connectivity index (χ0n) is 5.33. The summed E-state index contributed by atoms with van der Waals surface area (Å²) in [6.07, 6.45) is 0. The van der Waals surface area contributed by atoms with Crippen molar-refractivity contribution in [2.45, 2.75) is 0 Å². The summed E-state index contributed by atoms with van der Waals surface area (Å²) in [4.78, 5) is 0. The van der Waals surface area contributed by atoms with E-state index in [2.05, 4.69) is 63.7 Å². The van der Waals surface area contributed by atoms with E-state index >= 15 is 0 Å². The van der Waals surface area contributed by atoms with Gasteiger partial charge in [0.2, 0.25) is 0 Å². The Morgan fingerprint density at radius 1 is 0.750 bits per heavy atom. The lowest BCUT2D eigenvalue weighted by atomic mass is 10.4. The molecule has 0 saturated carbocycles. The molecule has 12 heavy (non-hydrogen) atoms. The molecule has 0 nitrogen and oxygen atoms in total. The zero-order valence-corrected chi connectivity index (χ0v) is 13.3. The van der Waals surface area contributed by atoms with Gasteiger partial charge in [0, 0.05) is 5.39 Å². The molecule has 0 aromatic carbocycles. The Labute approximate surface area is 111 Å². The van der Waals surface area contributed by atoms with Crippen molar-refractivity contribution in [3.05, 3.63) is 16.5 Å². The standard InChI is InChI=1S/C6Br4S2/c7-2-1-3(8)5(10)12-6(1)11-4(2)9. The summed E-state index contributed by atoms with van der Waals surface area (Å²) in [6, 6.07) is 0. The minimum absolute atomic E-state index is 1.14. The van der Waals surface area contributed by atoms with E-state index in [4.69, 9.17) is 0 Å². The first-order valence-electron chi connectivity index (χ1n) is 2.82. The molecule has 0 atom stereocenters. The van der Waals surface area contributed by atoms with Gasteiger partial charge in [-0.05, 0) is 63.7 Å². The summed E-state index contributed by atoms with van der Waals surface area (Å²) in [7, 11) is 0. The first-order chi connectivity index (χ1) is 5.61. The zero-order chi connectivity index (χ0) is 8.88. The molecule has 0 spiro atoms. The third kappa shape index (κ3) is 1.48. The van der Waals surface area contributed by atoms with Crippen LogP contribution in [0.1, 0.15) is 0 Å². The molecule has 0 radical (unpaired) electrons. The average molecular weight is 456 g/mol. The molecule has 2 rings (SSSR count). The second-order valence-electron chi connectivity index (χ2n) is 2.04. The number of fused-ring (bicyclic) bond motifs is 1. The van der Waals surface area contributed by atoms with Gasteiger partial charge in [-0.15, -0.1) is 22.7 Å². The molecule has 0 aliphatic rings. The molecular weight excluding hydrogens is 456 g/mol. The molecule has 0 aliphatic heterocycles. The Bertz CT molecular complexity index is 404. The van der Waals surface area contributed by atoms with Gasteiger partial charge in [0.15, 0.2) is 0 Å². The van der Waals surface area contributed by atoms with Gasteiger partial charge in [-0.1, -0.05) is 0 Å². The second-order valence-corrected chi connectivity index (χ2v) is 8.56. The van der Waals surface area contributed by atoms with Gasteiger partial charge in [0.25, 0.3) is 0 Å². The average Bonchev–Trinajstić information content (AvgIpc) is 2.40. The van der Waals surface area contributed by atoms with Crippen molar-refractivity contribution >= 4 is 95.8 Å². The monoisotopic (exact) mass is 452 g/mol. The van der Waals surface area contributed by atoms with Gasteiger partial charge in [-0.3, -0.25) is 0 Å². The van der Waals surface area contributed by atoms with E-state index in [0.29, 0.717) is 0 Å². The van der Waals surface area contributed by atoms with Crippen LogP contribution in [-0.4, -0.2) is 0 Å². The quantitative estimate of drug-likeness (QED) is 0.456. The molecule has 0 amide bonds. The molecule has 6 heteroatoms. The van der Waals surface area contributed by atoms with E-state index in [1.807, 2.05) is 0 Å². The number of rotatable bonds is 0. The number of hydrogen-bond donors (Lipinski definition) is 0. The summed E-state index contributed by atoms with van der Waals surface area (Å²) < 4.78 is 5.88. The summed E-state index contributed by atoms with van der Waals surface area (Å²) in [5.41, 5.74) is 0. The maximum Gasteiger partial charge on any atom is 0.0912 e.